The van der Waals surface area contributed by atoms with Crippen molar-refractivity contribution in [2.75, 3.05) is 20.3 Å². The number of benzene rings is 1. The monoisotopic (exact) mass is 220 g/mol. The van der Waals surface area contributed by atoms with Gasteiger partial charge in [-0.3, -0.25) is 5.10 Å². The zero-order valence-electron chi connectivity index (χ0n) is 9.62. The Morgan fingerprint density at radius 2 is 2.19 bits per heavy atom. The molecule has 16 heavy (non-hydrogen) atoms. The lowest BCUT2D eigenvalue weighted by Gasteiger charge is -2.07. The van der Waals surface area contributed by atoms with E-state index in [0.29, 0.717) is 13.2 Å². The Balaban J connectivity index is 2.25. The number of ether oxygens (including phenoxy) is 2. The summed E-state index contributed by atoms with van der Waals surface area (Å²) < 4.78 is 10.5. The van der Waals surface area contributed by atoms with Gasteiger partial charge in [-0.1, -0.05) is 6.92 Å². The fraction of sp³-hybridized carbons (Fsp3) is 0.417. The minimum atomic E-state index is 0.569. The van der Waals surface area contributed by atoms with Crippen molar-refractivity contribution < 1.29 is 9.47 Å². The van der Waals surface area contributed by atoms with Crippen LogP contribution < -0.4 is 4.74 Å². The largest absolute Gasteiger partial charge is 0.491 e. The number of hydrogen-bond acceptors (Lipinski definition) is 3. The van der Waals surface area contributed by atoms with Crippen molar-refractivity contribution in [2.24, 2.45) is 0 Å². The third kappa shape index (κ3) is 2.17. The Morgan fingerprint density at radius 1 is 1.31 bits per heavy atom. The maximum atomic E-state index is 5.59. The molecule has 1 aromatic carbocycles. The van der Waals surface area contributed by atoms with Gasteiger partial charge < -0.3 is 9.47 Å². The van der Waals surface area contributed by atoms with E-state index in [1.807, 2.05) is 12.3 Å². The Labute approximate surface area is 94.6 Å². The summed E-state index contributed by atoms with van der Waals surface area (Å²) in [4.78, 5) is 0. The molecule has 1 N–H and O–H groups in total. The van der Waals surface area contributed by atoms with E-state index < -0.39 is 0 Å². The number of aromatic amines is 1. The number of rotatable bonds is 5. The third-order valence-corrected chi connectivity index (χ3v) is 2.55. The molecule has 0 spiro atoms. The normalized spacial score (nSPS) is 10.9. The van der Waals surface area contributed by atoms with Crippen LogP contribution in [0.5, 0.6) is 5.75 Å². The van der Waals surface area contributed by atoms with E-state index in [-0.39, 0.29) is 0 Å². The predicted octanol–water partition coefficient (Wildman–Crippen LogP) is 2.15. The van der Waals surface area contributed by atoms with Crippen molar-refractivity contribution in [1.82, 2.24) is 10.2 Å². The molecular weight excluding hydrogens is 204 g/mol. The molecule has 0 atom stereocenters. The number of nitrogens with one attached hydrogen (secondary N) is 1. The van der Waals surface area contributed by atoms with Crippen LogP contribution in [-0.4, -0.2) is 30.5 Å². The first-order valence-electron chi connectivity index (χ1n) is 5.43. The molecule has 0 radical (unpaired) electrons. The second kappa shape index (κ2) is 4.99. The van der Waals surface area contributed by atoms with E-state index in [0.717, 1.165) is 17.7 Å². The zero-order chi connectivity index (χ0) is 11.4. The van der Waals surface area contributed by atoms with Crippen LogP contribution in [0.2, 0.25) is 0 Å². The van der Waals surface area contributed by atoms with E-state index in [1.165, 1.54) is 10.9 Å². The van der Waals surface area contributed by atoms with Crippen LogP contribution in [0.4, 0.5) is 0 Å². The van der Waals surface area contributed by atoms with Gasteiger partial charge in [0.1, 0.15) is 12.4 Å². The van der Waals surface area contributed by atoms with Crippen molar-refractivity contribution in [2.45, 2.75) is 13.3 Å². The second-order valence-electron chi connectivity index (χ2n) is 3.61. The summed E-state index contributed by atoms with van der Waals surface area (Å²) in [6, 6.07) is 4.03. The minimum Gasteiger partial charge on any atom is -0.491 e. The van der Waals surface area contributed by atoms with E-state index in [2.05, 4.69) is 23.2 Å². The first-order valence-corrected chi connectivity index (χ1v) is 5.43. The highest BCUT2D eigenvalue weighted by Crippen LogP contribution is 2.24. The smallest absolute Gasteiger partial charge is 0.121 e. The lowest BCUT2D eigenvalue weighted by molar-refractivity contribution is 0.146. The van der Waals surface area contributed by atoms with E-state index >= 15 is 0 Å². The highest BCUT2D eigenvalue weighted by Gasteiger charge is 2.05. The Hall–Kier alpha value is -1.55. The quantitative estimate of drug-likeness (QED) is 0.785. The predicted molar refractivity (Wildman–Crippen MR) is 62.8 cm³/mol. The molecule has 0 aliphatic heterocycles. The Bertz CT molecular complexity index is 465. The van der Waals surface area contributed by atoms with Gasteiger partial charge in [0.2, 0.25) is 0 Å². The number of hydrogen-bond donors (Lipinski definition) is 1. The van der Waals surface area contributed by atoms with Gasteiger partial charge in [-0.15, -0.1) is 0 Å². The van der Waals surface area contributed by atoms with Gasteiger partial charge >= 0.3 is 0 Å². The first kappa shape index (κ1) is 11.0. The average Bonchev–Trinajstić information content (AvgIpc) is 2.76. The van der Waals surface area contributed by atoms with E-state index in [1.54, 1.807) is 7.11 Å². The van der Waals surface area contributed by atoms with Crippen LogP contribution in [0.3, 0.4) is 0 Å². The van der Waals surface area contributed by atoms with Crippen molar-refractivity contribution in [3.8, 4) is 5.75 Å². The molecule has 0 saturated carbocycles. The molecule has 0 saturated heterocycles. The molecule has 0 fully saturated rings. The average molecular weight is 220 g/mol. The Kier molecular flexibility index (Phi) is 3.41. The van der Waals surface area contributed by atoms with Gasteiger partial charge in [0.15, 0.2) is 0 Å². The highest BCUT2D eigenvalue weighted by molar-refractivity contribution is 5.83. The van der Waals surface area contributed by atoms with Gasteiger partial charge in [0.25, 0.3) is 0 Å². The molecule has 0 bridgehead atoms. The highest BCUT2D eigenvalue weighted by atomic mass is 16.5. The maximum Gasteiger partial charge on any atom is 0.121 e. The lowest BCUT2D eigenvalue weighted by atomic mass is 10.1. The molecular formula is C12H16N2O2. The standard InChI is InChI=1S/C12H16N2O2/c1-3-9-6-10(16-5-4-15-2)7-12-11(9)8-13-14-12/h6-8H,3-5H2,1-2H3,(H,13,14). The number of H-pyrrole nitrogens is 1. The lowest BCUT2D eigenvalue weighted by Crippen LogP contribution is -2.04. The summed E-state index contributed by atoms with van der Waals surface area (Å²) in [5.74, 6) is 0.866. The molecule has 86 valence electrons. The van der Waals surface area contributed by atoms with Gasteiger partial charge in [0.05, 0.1) is 18.3 Å². The minimum absolute atomic E-state index is 0.569. The third-order valence-electron chi connectivity index (χ3n) is 2.55. The molecule has 1 aromatic heterocycles. The summed E-state index contributed by atoms with van der Waals surface area (Å²) in [6.07, 6.45) is 2.82. The van der Waals surface area contributed by atoms with Crippen LogP contribution in [-0.2, 0) is 11.2 Å². The Morgan fingerprint density at radius 3 is 2.94 bits per heavy atom. The number of aryl methyl sites for hydroxylation is 1. The van der Waals surface area contributed by atoms with E-state index in [4.69, 9.17) is 9.47 Å². The molecule has 2 aromatic rings. The van der Waals surface area contributed by atoms with Crippen LogP contribution in [0.1, 0.15) is 12.5 Å². The van der Waals surface area contributed by atoms with Gasteiger partial charge in [0, 0.05) is 18.6 Å². The fourth-order valence-electron chi connectivity index (χ4n) is 1.71. The van der Waals surface area contributed by atoms with Crippen LogP contribution >= 0.6 is 0 Å². The number of methoxy groups -OCH3 is 1. The zero-order valence-corrected chi connectivity index (χ0v) is 9.62. The molecule has 0 aliphatic carbocycles. The van der Waals surface area contributed by atoms with E-state index in [9.17, 15) is 0 Å². The summed E-state index contributed by atoms with van der Waals surface area (Å²) >= 11 is 0. The SMILES string of the molecule is CCc1cc(OCCOC)cc2[nH]ncc12. The summed E-state index contributed by atoms with van der Waals surface area (Å²) in [7, 11) is 1.67. The molecule has 0 aliphatic rings. The van der Waals surface area contributed by atoms with Crippen molar-refractivity contribution in [3.63, 3.8) is 0 Å². The van der Waals surface area contributed by atoms with Crippen LogP contribution in [0, 0.1) is 0 Å². The molecule has 4 nitrogen and oxygen atoms in total. The van der Waals surface area contributed by atoms with Crippen molar-refractivity contribution in [3.05, 3.63) is 23.9 Å². The van der Waals surface area contributed by atoms with Gasteiger partial charge in [-0.2, -0.15) is 5.10 Å². The summed E-state index contributed by atoms with van der Waals surface area (Å²) in [5.41, 5.74) is 2.27. The molecule has 1 heterocycles. The van der Waals surface area contributed by atoms with Crippen LogP contribution in [0.25, 0.3) is 10.9 Å². The van der Waals surface area contributed by atoms with Crippen molar-refractivity contribution in [1.29, 1.82) is 0 Å². The molecule has 2 rings (SSSR count). The number of aromatic nitrogens is 2. The van der Waals surface area contributed by atoms with Gasteiger partial charge in [-0.05, 0) is 18.1 Å². The second-order valence-corrected chi connectivity index (χ2v) is 3.61. The van der Waals surface area contributed by atoms with Gasteiger partial charge in [-0.25, -0.2) is 0 Å². The molecule has 4 heteroatoms. The number of fused-ring (bicyclic) bond motifs is 1. The summed E-state index contributed by atoms with van der Waals surface area (Å²) in [6.45, 7) is 3.29. The molecule has 0 amide bonds. The number of nitrogens with zero attached hydrogens (tertiary/aromatic N) is 1. The fourth-order valence-corrected chi connectivity index (χ4v) is 1.71. The first-order chi connectivity index (χ1) is 7.85. The summed E-state index contributed by atoms with van der Waals surface area (Å²) in [5, 5.41) is 8.17. The topological polar surface area (TPSA) is 47.1 Å². The van der Waals surface area contributed by atoms with Crippen LogP contribution in [0.15, 0.2) is 18.3 Å². The van der Waals surface area contributed by atoms with Crippen molar-refractivity contribution >= 4 is 10.9 Å². The maximum absolute atomic E-state index is 5.59. The molecule has 0 unspecified atom stereocenters.